The second-order valence-corrected chi connectivity index (χ2v) is 12.7. The Balaban J connectivity index is 1.37. The van der Waals surface area contributed by atoms with Crippen molar-refractivity contribution in [2.24, 2.45) is 11.3 Å². The Hall–Kier alpha value is -3.23. The van der Waals surface area contributed by atoms with E-state index >= 15 is 0 Å². The molecule has 38 heavy (non-hydrogen) atoms. The fourth-order valence-corrected chi connectivity index (χ4v) is 5.73. The maximum atomic E-state index is 13.6. The van der Waals surface area contributed by atoms with Gasteiger partial charge in [-0.2, -0.15) is 0 Å². The first-order valence-corrected chi connectivity index (χ1v) is 13.8. The van der Waals surface area contributed by atoms with Crippen molar-refractivity contribution in [2.45, 2.75) is 78.7 Å². The number of aryl methyl sites for hydroxylation is 2. The monoisotopic (exact) mass is 520 g/mol. The van der Waals surface area contributed by atoms with Crippen molar-refractivity contribution in [2.75, 3.05) is 31.5 Å². The maximum absolute atomic E-state index is 13.6. The number of hydrogen-bond donors (Lipinski definition) is 1. The van der Waals surface area contributed by atoms with Crippen LogP contribution in [0.3, 0.4) is 0 Å². The molecule has 5 rings (SSSR count). The summed E-state index contributed by atoms with van der Waals surface area (Å²) in [6.45, 7) is 13.9. The van der Waals surface area contributed by atoms with Gasteiger partial charge in [0.25, 0.3) is 0 Å². The third-order valence-electron chi connectivity index (χ3n) is 8.01. The molecule has 3 heterocycles. The zero-order valence-electron chi connectivity index (χ0n) is 23.5. The van der Waals surface area contributed by atoms with Crippen LogP contribution in [0, 0.1) is 25.2 Å². The van der Waals surface area contributed by atoms with Crippen molar-refractivity contribution in [1.29, 1.82) is 0 Å². The first-order chi connectivity index (χ1) is 17.9. The number of nitrogens with one attached hydrogen (secondary N) is 1. The van der Waals surface area contributed by atoms with Gasteiger partial charge in [0.2, 0.25) is 17.7 Å². The quantitative estimate of drug-likeness (QED) is 0.625. The Morgan fingerprint density at radius 3 is 2.26 bits per heavy atom. The zero-order chi connectivity index (χ0) is 27.4. The van der Waals surface area contributed by atoms with Crippen LogP contribution >= 0.6 is 0 Å². The fourth-order valence-electron chi connectivity index (χ4n) is 5.73. The molecule has 9 nitrogen and oxygen atoms in total. The number of rotatable bonds is 6. The van der Waals surface area contributed by atoms with Crippen LogP contribution in [0.2, 0.25) is 0 Å². The van der Waals surface area contributed by atoms with Gasteiger partial charge in [0.05, 0.1) is 17.8 Å². The smallest absolute Gasteiger partial charge is 0.230 e. The average Bonchev–Trinajstić information content (AvgIpc) is 3.36. The molecule has 3 aliphatic rings. The Labute approximate surface area is 225 Å². The van der Waals surface area contributed by atoms with Crippen molar-refractivity contribution in [3.05, 3.63) is 41.0 Å². The first-order valence-electron chi connectivity index (χ1n) is 13.8. The molecule has 0 unspecified atom stereocenters. The summed E-state index contributed by atoms with van der Waals surface area (Å²) in [6, 6.07) is 6.29. The minimum Gasteiger partial charge on any atom is -0.341 e. The van der Waals surface area contributed by atoms with Crippen LogP contribution in [-0.2, 0) is 14.4 Å². The molecule has 1 N–H and O–H groups in total. The lowest BCUT2D eigenvalue weighted by Gasteiger charge is -2.40. The normalized spacial score (nSPS) is 21.9. The summed E-state index contributed by atoms with van der Waals surface area (Å²) in [5, 5.41) is 12.4. The number of benzene rings is 1. The van der Waals surface area contributed by atoms with Crippen LogP contribution in [0.25, 0.3) is 0 Å². The number of anilines is 1. The lowest BCUT2D eigenvalue weighted by Crippen LogP contribution is -2.50. The van der Waals surface area contributed by atoms with Crippen molar-refractivity contribution < 1.29 is 14.4 Å². The zero-order valence-corrected chi connectivity index (χ0v) is 23.5. The minimum atomic E-state index is -0.416. The Kier molecular flexibility index (Phi) is 6.82. The second kappa shape index (κ2) is 9.82. The van der Waals surface area contributed by atoms with Crippen molar-refractivity contribution in [1.82, 2.24) is 24.6 Å². The van der Waals surface area contributed by atoms with Crippen molar-refractivity contribution >= 4 is 23.4 Å². The molecule has 204 valence electrons. The van der Waals surface area contributed by atoms with Gasteiger partial charge >= 0.3 is 0 Å². The van der Waals surface area contributed by atoms with Crippen molar-refractivity contribution in [3.8, 4) is 0 Å². The second-order valence-electron chi connectivity index (χ2n) is 12.7. The predicted molar refractivity (Wildman–Crippen MR) is 145 cm³/mol. The Morgan fingerprint density at radius 2 is 1.66 bits per heavy atom. The molecule has 0 spiro atoms. The summed E-state index contributed by atoms with van der Waals surface area (Å²) in [4.78, 5) is 42.3. The van der Waals surface area contributed by atoms with Crippen LogP contribution < -0.4 is 5.32 Å². The van der Waals surface area contributed by atoms with Gasteiger partial charge < -0.3 is 19.7 Å². The highest BCUT2D eigenvalue weighted by Crippen LogP contribution is 2.43. The van der Waals surface area contributed by atoms with Gasteiger partial charge in [-0.05, 0) is 43.7 Å². The molecule has 2 atom stereocenters. The average molecular weight is 521 g/mol. The third kappa shape index (κ3) is 5.33. The van der Waals surface area contributed by atoms with E-state index < -0.39 is 5.92 Å². The summed E-state index contributed by atoms with van der Waals surface area (Å²) in [5.41, 5.74) is 2.90. The number of likely N-dealkylation sites (tertiary alicyclic amines) is 2. The number of carbonyl (C=O) groups excluding carboxylic acids is 3. The molecule has 2 aromatic rings. The molecule has 1 aliphatic carbocycles. The lowest BCUT2D eigenvalue weighted by atomic mass is 9.89. The van der Waals surface area contributed by atoms with E-state index in [1.165, 1.54) is 0 Å². The van der Waals surface area contributed by atoms with E-state index in [0.717, 1.165) is 41.3 Å². The number of hydrogen-bond acceptors (Lipinski definition) is 5. The third-order valence-corrected chi connectivity index (χ3v) is 8.01. The van der Waals surface area contributed by atoms with Gasteiger partial charge in [-0.15, -0.1) is 10.2 Å². The summed E-state index contributed by atoms with van der Waals surface area (Å²) < 4.78 is 2.24. The summed E-state index contributed by atoms with van der Waals surface area (Å²) in [5.74, 6) is 1.26. The lowest BCUT2D eigenvalue weighted by molar-refractivity contribution is -0.137. The van der Waals surface area contributed by atoms with Crippen LogP contribution in [-0.4, -0.2) is 68.5 Å². The molecule has 1 saturated carbocycles. The van der Waals surface area contributed by atoms with Crippen LogP contribution in [0.4, 0.5) is 5.69 Å². The summed E-state index contributed by atoms with van der Waals surface area (Å²) in [6.07, 6.45) is 2.64. The maximum Gasteiger partial charge on any atom is 0.230 e. The first kappa shape index (κ1) is 26.4. The van der Waals surface area contributed by atoms with Crippen LogP contribution in [0.15, 0.2) is 18.2 Å². The van der Waals surface area contributed by atoms with Gasteiger partial charge in [0.1, 0.15) is 11.6 Å². The standard InChI is InChI=1S/C29H40N6O3/c1-17-7-10-24(18(2)11-17)30-28(38)23-16-33(19(3)36)15-22(23)27-32-31-26(35(27)21-8-9-21)20-13-34(14-20)25(37)12-29(4,5)6/h7,10-11,20-23H,8-9,12-16H2,1-6H3,(H,30,38)/t22-,23-/m0/s1. The van der Waals surface area contributed by atoms with Crippen LogP contribution in [0.5, 0.6) is 0 Å². The topological polar surface area (TPSA) is 100 Å². The molecule has 2 aliphatic heterocycles. The molecular weight excluding hydrogens is 480 g/mol. The number of carbonyl (C=O) groups is 3. The molecule has 3 amide bonds. The van der Waals surface area contributed by atoms with Gasteiger partial charge in [-0.3, -0.25) is 14.4 Å². The molecule has 2 saturated heterocycles. The highest BCUT2D eigenvalue weighted by Gasteiger charge is 2.46. The molecule has 0 radical (unpaired) electrons. The van der Waals surface area contributed by atoms with E-state index in [-0.39, 0.29) is 35.0 Å². The van der Waals surface area contributed by atoms with Gasteiger partial charge in [0, 0.05) is 51.3 Å². The summed E-state index contributed by atoms with van der Waals surface area (Å²) >= 11 is 0. The highest BCUT2D eigenvalue weighted by atomic mass is 16.2. The fraction of sp³-hybridized carbons (Fsp3) is 0.621. The predicted octanol–water partition coefficient (Wildman–Crippen LogP) is 3.79. The SMILES string of the molecule is CC(=O)N1C[C@H](C(=O)Nc2ccc(C)cc2C)[C@@H](c2nnc(C3CN(C(=O)CC(C)(C)C)C3)n2C2CC2)C1. The van der Waals surface area contributed by atoms with E-state index in [4.69, 9.17) is 0 Å². The molecular formula is C29H40N6O3. The molecule has 0 bridgehead atoms. The Bertz CT molecular complexity index is 1250. The minimum absolute atomic E-state index is 0.0403. The Morgan fingerprint density at radius 1 is 0.974 bits per heavy atom. The van der Waals surface area contributed by atoms with E-state index in [1.54, 1.807) is 11.8 Å². The van der Waals surface area contributed by atoms with Crippen LogP contribution in [0.1, 0.15) is 87.6 Å². The molecule has 1 aromatic heterocycles. The largest absolute Gasteiger partial charge is 0.341 e. The van der Waals surface area contributed by atoms with E-state index in [9.17, 15) is 14.4 Å². The van der Waals surface area contributed by atoms with Gasteiger partial charge in [0.15, 0.2) is 0 Å². The molecule has 3 fully saturated rings. The van der Waals surface area contributed by atoms with E-state index in [1.807, 2.05) is 36.9 Å². The van der Waals surface area contributed by atoms with E-state index in [0.29, 0.717) is 38.6 Å². The van der Waals surface area contributed by atoms with Crippen molar-refractivity contribution in [3.63, 3.8) is 0 Å². The number of nitrogens with zero attached hydrogens (tertiary/aromatic N) is 5. The van der Waals surface area contributed by atoms with E-state index in [2.05, 4.69) is 40.9 Å². The molecule has 1 aromatic carbocycles. The van der Waals surface area contributed by atoms with Gasteiger partial charge in [-0.25, -0.2) is 0 Å². The number of amides is 3. The number of aromatic nitrogens is 3. The summed E-state index contributed by atoms with van der Waals surface area (Å²) in [7, 11) is 0. The van der Waals surface area contributed by atoms with Gasteiger partial charge in [-0.1, -0.05) is 38.5 Å². The highest BCUT2D eigenvalue weighted by molar-refractivity contribution is 5.94. The molecule has 9 heteroatoms.